The Morgan fingerprint density at radius 2 is 0.839 bits per heavy atom. The molecule has 4 rings (SSSR count). The molecule has 4 aromatic rings. The molecule has 0 fully saturated rings. The third-order valence-corrected chi connectivity index (χ3v) is 14.2. The van der Waals surface area contributed by atoms with Crippen LogP contribution in [0.5, 0.6) is 0 Å². The summed E-state index contributed by atoms with van der Waals surface area (Å²) < 4.78 is 2.70. The Balaban J connectivity index is 2.17. The average Bonchev–Trinajstić information content (AvgIpc) is 2.86. The van der Waals surface area contributed by atoms with Gasteiger partial charge in [0.05, 0.1) is 0 Å². The molecule has 152 valence electrons. The standard InChI is InChI=1S/C28H27NSi2/c1-3-30(4-2)29(25-17-9-5-10-18-25)31(26-19-11-6-12-20-26,27-21-13-7-14-22-27)28-23-15-8-16-24-28/h3-24,30H,1-2H2. The van der Waals surface area contributed by atoms with Crippen LogP contribution in [0, 0.1) is 0 Å². The second-order valence-electron chi connectivity index (χ2n) is 7.48. The summed E-state index contributed by atoms with van der Waals surface area (Å²) in [5.41, 5.74) is 5.50. The highest BCUT2D eigenvalue weighted by atomic mass is 28.4. The van der Waals surface area contributed by atoms with Gasteiger partial charge in [0.25, 0.3) is 0 Å². The minimum Gasteiger partial charge on any atom is -0.410 e. The number of para-hydroxylation sites is 1. The van der Waals surface area contributed by atoms with Gasteiger partial charge in [0.1, 0.15) is 0 Å². The molecule has 0 spiro atoms. The van der Waals surface area contributed by atoms with Gasteiger partial charge in [-0.1, -0.05) is 121 Å². The van der Waals surface area contributed by atoms with Crippen LogP contribution in [0.15, 0.2) is 146 Å². The van der Waals surface area contributed by atoms with Gasteiger partial charge in [-0.25, -0.2) is 0 Å². The smallest absolute Gasteiger partial charge is 0.245 e. The largest absolute Gasteiger partial charge is 0.410 e. The highest BCUT2D eigenvalue weighted by Gasteiger charge is 2.47. The molecule has 0 aliphatic rings. The van der Waals surface area contributed by atoms with Crippen molar-refractivity contribution in [3.63, 3.8) is 0 Å². The van der Waals surface area contributed by atoms with Gasteiger partial charge in [-0.2, -0.15) is 0 Å². The summed E-state index contributed by atoms with van der Waals surface area (Å²) in [7, 11) is -4.39. The molecule has 31 heavy (non-hydrogen) atoms. The van der Waals surface area contributed by atoms with E-state index < -0.39 is 17.2 Å². The van der Waals surface area contributed by atoms with Crippen molar-refractivity contribution in [2.75, 3.05) is 4.23 Å². The molecular formula is C28H27NSi2. The molecule has 0 heterocycles. The van der Waals surface area contributed by atoms with Crippen molar-refractivity contribution in [3.8, 4) is 0 Å². The molecule has 0 aliphatic carbocycles. The minimum absolute atomic E-state index is 1.22. The lowest BCUT2D eigenvalue weighted by molar-refractivity contribution is 1.46. The van der Waals surface area contributed by atoms with Crippen molar-refractivity contribution in [2.45, 2.75) is 0 Å². The number of rotatable bonds is 8. The van der Waals surface area contributed by atoms with Crippen molar-refractivity contribution in [2.24, 2.45) is 0 Å². The van der Waals surface area contributed by atoms with Gasteiger partial charge in [-0.15, -0.1) is 13.2 Å². The third kappa shape index (κ3) is 3.86. The Bertz CT molecular complexity index is 1010. The summed E-state index contributed by atoms with van der Waals surface area (Å²) in [6.45, 7) is 8.49. The molecule has 0 amide bonds. The fourth-order valence-electron chi connectivity index (χ4n) is 4.44. The monoisotopic (exact) mass is 433 g/mol. The van der Waals surface area contributed by atoms with Gasteiger partial charge < -0.3 is 4.23 Å². The Morgan fingerprint density at radius 1 is 0.516 bits per heavy atom. The number of hydrogen-bond donors (Lipinski definition) is 0. The average molecular weight is 434 g/mol. The quantitative estimate of drug-likeness (QED) is 0.295. The summed E-state index contributed by atoms with van der Waals surface area (Å²) >= 11 is 0. The SMILES string of the molecule is C=C[SiH](C=C)N(c1ccccc1)[Si](c1ccccc1)(c1ccccc1)c1ccccc1. The van der Waals surface area contributed by atoms with Gasteiger partial charge in [-0.3, -0.25) is 0 Å². The highest BCUT2D eigenvalue weighted by molar-refractivity contribution is 7.19. The molecule has 0 N–H and O–H groups in total. The zero-order chi connectivity index (χ0) is 21.5. The lowest BCUT2D eigenvalue weighted by Gasteiger charge is -2.47. The van der Waals surface area contributed by atoms with Crippen molar-refractivity contribution < 1.29 is 0 Å². The van der Waals surface area contributed by atoms with E-state index in [1.807, 2.05) is 0 Å². The summed E-state index contributed by atoms with van der Waals surface area (Å²) in [6.07, 6.45) is 0. The third-order valence-electron chi connectivity index (χ3n) is 5.75. The van der Waals surface area contributed by atoms with Gasteiger partial charge in [0, 0.05) is 5.69 Å². The van der Waals surface area contributed by atoms with Crippen LogP contribution in [0.4, 0.5) is 5.69 Å². The fourth-order valence-corrected chi connectivity index (χ4v) is 13.7. The molecule has 0 aliphatic heterocycles. The number of hydrogen-bond acceptors (Lipinski definition) is 1. The molecule has 0 saturated heterocycles. The van der Waals surface area contributed by atoms with E-state index >= 15 is 0 Å². The van der Waals surface area contributed by atoms with Crippen LogP contribution in [0.3, 0.4) is 0 Å². The molecule has 0 unspecified atom stereocenters. The minimum atomic E-state index is -2.65. The van der Waals surface area contributed by atoms with E-state index in [9.17, 15) is 0 Å². The molecule has 3 heteroatoms. The first-order valence-corrected chi connectivity index (χ1v) is 14.4. The molecule has 4 aromatic carbocycles. The summed E-state index contributed by atoms with van der Waals surface area (Å²) in [5.74, 6) is 0. The number of benzene rings is 4. The Kier molecular flexibility index (Phi) is 6.46. The number of anilines is 1. The fraction of sp³-hybridized carbons (Fsp3) is 0. The van der Waals surface area contributed by atoms with Gasteiger partial charge >= 0.3 is 0 Å². The van der Waals surface area contributed by atoms with Crippen LogP contribution in [0.1, 0.15) is 0 Å². The van der Waals surface area contributed by atoms with Crippen LogP contribution in [0.25, 0.3) is 0 Å². The zero-order valence-electron chi connectivity index (χ0n) is 17.6. The summed E-state index contributed by atoms with van der Waals surface area (Å²) in [6, 6.07) is 43.8. The molecule has 0 aromatic heterocycles. The van der Waals surface area contributed by atoms with Crippen LogP contribution in [-0.2, 0) is 0 Å². The van der Waals surface area contributed by atoms with Gasteiger partial charge in [0.15, 0.2) is 8.96 Å². The van der Waals surface area contributed by atoms with Crippen LogP contribution >= 0.6 is 0 Å². The van der Waals surface area contributed by atoms with Crippen molar-refractivity contribution >= 4 is 38.4 Å². The van der Waals surface area contributed by atoms with Crippen molar-refractivity contribution in [1.82, 2.24) is 0 Å². The van der Waals surface area contributed by atoms with Crippen molar-refractivity contribution in [3.05, 3.63) is 146 Å². The van der Waals surface area contributed by atoms with E-state index in [4.69, 9.17) is 0 Å². The molecule has 0 radical (unpaired) electrons. The van der Waals surface area contributed by atoms with E-state index in [1.54, 1.807) is 0 Å². The predicted molar refractivity (Wildman–Crippen MR) is 140 cm³/mol. The molecule has 0 saturated carbocycles. The van der Waals surface area contributed by atoms with Crippen LogP contribution in [-0.4, -0.2) is 17.2 Å². The van der Waals surface area contributed by atoms with Crippen molar-refractivity contribution in [1.29, 1.82) is 0 Å². The van der Waals surface area contributed by atoms with E-state index in [1.165, 1.54) is 21.2 Å². The summed E-state index contributed by atoms with van der Waals surface area (Å²) in [4.78, 5) is 0. The van der Waals surface area contributed by atoms with E-state index in [-0.39, 0.29) is 0 Å². The topological polar surface area (TPSA) is 3.24 Å². The first-order chi connectivity index (χ1) is 15.3. The Morgan fingerprint density at radius 3 is 1.16 bits per heavy atom. The molecule has 0 bridgehead atoms. The van der Waals surface area contributed by atoms with Gasteiger partial charge in [-0.05, 0) is 27.7 Å². The van der Waals surface area contributed by atoms with E-state index in [2.05, 4.69) is 150 Å². The Hall–Kier alpha value is -3.41. The maximum atomic E-state index is 4.24. The predicted octanol–water partition coefficient (Wildman–Crippen LogP) is 4.33. The maximum Gasteiger partial charge on any atom is 0.245 e. The first kappa shape index (κ1) is 20.8. The molecule has 1 nitrogen and oxygen atoms in total. The van der Waals surface area contributed by atoms with Gasteiger partial charge in [0.2, 0.25) is 8.24 Å². The van der Waals surface area contributed by atoms with Crippen LogP contribution < -0.4 is 19.8 Å². The van der Waals surface area contributed by atoms with E-state index in [0.29, 0.717) is 0 Å². The molecular weight excluding hydrogens is 406 g/mol. The summed E-state index contributed by atoms with van der Waals surface area (Å²) in [5, 5.41) is 4.08. The molecule has 0 atom stereocenters. The zero-order valence-corrected chi connectivity index (χ0v) is 19.8. The van der Waals surface area contributed by atoms with E-state index in [0.717, 1.165) is 0 Å². The lowest BCUT2D eigenvalue weighted by Crippen LogP contribution is -2.80. The lowest BCUT2D eigenvalue weighted by atomic mass is 10.3. The second kappa shape index (κ2) is 9.60. The second-order valence-corrected chi connectivity index (χ2v) is 14.1. The normalized spacial score (nSPS) is 11.1. The maximum absolute atomic E-state index is 4.24. The Labute approximate surface area is 188 Å². The van der Waals surface area contributed by atoms with Crippen LogP contribution in [0.2, 0.25) is 0 Å². The first-order valence-electron chi connectivity index (χ1n) is 10.6. The highest BCUT2D eigenvalue weighted by Crippen LogP contribution is 2.24. The number of nitrogens with zero attached hydrogens (tertiary/aromatic N) is 1.